The maximum Gasteiger partial charge on any atom is 0.113 e. The van der Waals surface area contributed by atoms with Gasteiger partial charge in [-0.05, 0) is 47.5 Å². The molecule has 0 spiro atoms. The van der Waals surface area contributed by atoms with Crippen LogP contribution in [0.15, 0.2) is 97.1 Å². The zero-order chi connectivity index (χ0) is 21.0. The van der Waals surface area contributed by atoms with Gasteiger partial charge in [0.25, 0.3) is 0 Å². The summed E-state index contributed by atoms with van der Waals surface area (Å²) in [5, 5.41) is 9.52. The van der Waals surface area contributed by atoms with Crippen molar-refractivity contribution < 1.29 is 0 Å². The topological polar surface area (TPSA) is 34.0 Å². The van der Waals surface area contributed by atoms with Crippen molar-refractivity contribution in [2.45, 2.75) is 19.3 Å². The molecule has 0 fully saturated rings. The van der Waals surface area contributed by atoms with Crippen molar-refractivity contribution in [1.82, 2.24) is 15.0 Å². The lowest BCUT2D eigenvalue weighted by atomic mass is 9.73. The lowest BCUT2D eigenvalue weighted by molar-refractivity contribution is 0.631. The third kappa shape index (κ3) is 2.61. The summed E-state index contributed by atoms with van der Waals surface area (Å²) in [4.78, 5) is 4.10. The first-order valence-electron chi connectivity index (χ1n) is 10.6. The van der Waals surface area contributed by atoms with E-state index in [0.717, 1.165) is 22.4 Å². The summed E-state index contributed by atoms with van der Waals surface area (Å²) in [6, 6.07) is 33.7. The highest BCUT2D eigenvalue weighted by Crippen LogP contribution is 2.52. The van der Waals surface area contributed by atoms with Gasteiger partial charge in [0, 0.05) is 5.41 Å². The highest BCUT2D eigenvalue weighted by Gasteiger charge is 2.37. The minimum atomic E-state index is -0.0861. The maximum absolute atomic E-state index is 4.76. The van der Waals surface area contributed by atoms with Gasteiger partial charge in [0.1, 0.15) is 16.7 Å². The Balaban J connectivity index is 1.63. The lowest BCUT2D eigenvalue weighted by Gasteiger charge is -2.42. The van der Waals surface area contributed by atoms with Crippen LogP contribution in [-0.4, -0.2) is 15.0 Å². The van der Waals surface area contributed by atoms with Crippen LogP contribution in [0.1, 0.15) is 25.0 Å². The Kier molecular flexibility index (Phi) is 3.78. The van der Waals surface area contributed by atoms with Gasteiger partial charge in [0.2, 0.25) is 0 Å². The van der Waals surface area contributed by atoms with Gasteiger partial charge in [-0.2, -0.15) is 0 Å². The van der Waals surface area contributed by atoms with E-state index >= 15 is 0 Å². The molecule has 0 bridgehead atoms. The number of aromatic nitrogens is 3. The number of para-hydroxylation sites is 4. The van der Waals surface area contributed by atoms with Gasteiger partial charge in [-0.25, -0.2) is 0 Å². The quantitative estimate of drug-likeness (QED) is 0.337. The molecule has 4 aromatic carbocycles. The first-order valence-corrected chi connectivity index (χ1v) is 10.6. The molecule has 0 atom stereocenters. The highest BCUT2D eigenvalue weighted by molar-refractivity contribution is 5.88. The molecule has 1 aliphatic rings. The Morgan fingerprint density at radius 3 is 1.48 bits per heavy atom. The van der Waals surface area contributed by atoms with Crippen molar-refractivity contribution in [3.05, 3.63) is 108 Å². The Morgan fingerprint density at radius 1 is 0.516 bits per heavy atom. The normalized spacial score (nSPS) is 14.3. The van der Waals surface area contributed by atoms with Crippen LogP contribution in [0.2, 0.25) is 0 Å². The summed E-state index contributed by atoms with van der Waals surface area (Å²) in [7, 11) is 0. The fraction of sp³-hybridized carbons (Fsp3) is 0.111. The average molecular weight is 403 g/mol. The van der Waals surface area contributed by atoms with Gasteiger partial charge in [-0.3, -0.25) is 0 Å². The summed E-state index contributed by atoms with van der Waals surface area (Å²) in [5.41, 5.74) is 8.68. The Labute approximate surface area is 181 Å². The van der Waals surface area contributed by atoms with Gasteiger partial charge >= 0.3 is 0 Å². The van der Waals surface area contributed by atoms with Crippen LogP contribution in [0.4, 0.5) is 17.1 Å². The van der Waals surface area contributed by atoms with Crippen molar-refractivity contribution in [1.29, 1.82) is 0 Å². The molecule has 0 unspecified atom stereocenters. The van der Waals surface area contributed by atoms with Crippen LogP contribution in [-0.2, 0) is 5.41 Å². The molecule has 2 heterocycles. The molecular formula is C27H22N4. The predicted molar refractivity (Wildman–Crippen MR) is 126 cm³/mol. The van der Waals surface area contributed by atoms with Crippen LogP contribution in [0.3, 0.4) is 0 Å². The monoisotopic (exact) mass is 402 g/mol. The van der Waals surface area contributed by atoms with Gasteiger partial charge in [0.05, 0.1) is 17.1 Å². The predicted octanol–water partition coefficient (Wildman–Crippen LogP) is 6.53. The van der Waals surface area contributed by atoms with Crippen molar-refractivity contribution >= 4 is 28.1 Å². The summed E-state index contributed by atoms with van der Waals surface area (Å²) in [5.74, 6) is 0. The van der Waals surface area contributed by atoms with Gasteiger partial charge in [-0.1, -0.05) is 74.5 Å². The molecule has 6 rings (SSSR count). The summed E-state index contributed by atoms with van der Waals surface area (Å²) < 4.78 is 0. The summed E-state index contributed by atoms with van der Waals surface area (Å²) in [6.45, 7) is 4.60. The van der Waals surface area contributed by atoms with Crippen molar-refractivity contribution in [2.24, 2.45) is 0 Å². The molecule has 150 valence electrons. The van der Waals surface area contributed by atoms with Crippen LogP contribution in [0.5, 0.6) is 0 Å². The average Bonchev–Trinajstić information content (AvgIpc) is 3.24. The van der Waals surface area contributed by atoms with Crippen molar-refractivity contribution in [3.63, 3.8) is 0 Å². The number of rotatable bonds is 2. The number of hydrogen-bond acceptors (Lipinski definition) is 3. The number of nitrogens with zero attached hydrogens (tertiary/aromatic N) is 4. The lowest BCUT2D eigenvalue weighted by Crippen LogP contribution is -2.31. The summed E-state index contributed by atoms with van der Waals surface area (Å²) in [6.07, 6.45) is 0. The standard InChI is InChI=1S/C27H22N4/c1-27(2)19-11-3-7-15-23(19)30(24-16-8-4-12-20(24)27)25-17-9-10-18-26(25)31-28-21-13-5-6-14-22(21)29-31/h3-18H,1-2H3. The molecule has 0 radical (unpaired) electrons. The van der Waals surface area contributed by atoms with Gasteiger partial charge < -0.3 is 4.90 Å². The zero-order valence-corrected chi connectivity index (χ0v) is 17.5. The Hall–Kier alpha value is -3.92. The molecule has 1 aromatic heterocycles. The molecule has 0 saturated carbocycles. The van der Waals surface area contributed by atoms with E-state index in [1.54, 1.807) is 4.80 Å². The van der Waals surface area contributed by atoms with E-state index in [2.05, 4.69) is 85.5 Å². The Bertz CT molecular complexity index is 1350. The highest BCUT2D eigenvalue weighted by atomic mass is 15.5. The molecular weight excluding hydrogens is 380 g/mol. The molecule has 0 saturated heterocycles. The second-order valence-corrected chi connectivity index (χ2v) is 8.46. The third-order valence-corrected chi connectivity index (χ3v) is 6.26. The number of hydrogen-bond donors (Lipinski definition) is 0. The largest absolute Gasteiger partial charge is 0.308 e. The van der Waals surface area contributed by atoms with E-state index in [4.69, 9.17) is 10.2 Å². The van der Waals surface area contributed by atoms with Gasteiger partial charge in [0.15, 0.2) is 0 Å². The smallest absolute Gasteiger partial charge is 0.113 e. The molecule has 1 aliphatic heterocycles. The number of fused-ring (bicyclic) bond motifs is 3. The van der Waals surface area contributed by atoms with Crippen LogP contribution >= 0.6 is 0 Å². The number of anilines is 3. The third-order valence-electron chi connectivity index (χ3n) is 6.26. The zero-order valence-electron chi connectivity index (χ0n) is 17.5. The number of benzene rings is 4. The first kappa shape index (κ1) is 17.9. The molecule has 31 heavy (non-hydrogen) atoms. The van der Waals surface area contributed by atoms with E-state index in [1.165, 1.54) is 22.5 Å². The minimum absolute atomic E-state index is 0.0861. The second kappa shape index (κ2) is 6.54. The molecule has 4 nitrogen and oxygen atoms in total. The fourth-order valence-electron chi connectivity index (χ4n) is 4.72. The molecule has 0 amide bonds. The molecule has 4 heteroatoms. The van der Waals surface area contributed by atoms with E-state index < -0.39 is 0 Å². The van der Waals surface area contributed by atoms with E-state index in [1.807, 2.05) is 30.3 Å². The maximum atomic E-state index is 4.76. The minimum Gasteiger partial charge on any atom is -0.308 e. The van der Waals surface area contributed by atoms with E-state index in [9.17, 15) is 0 Å². The van der Waals surface area contributed by atoms with E-state index in [-0.39, 0.29) is 5.41 Å². The van der Waals surface area contributed by atoms with Crippen LogP contribution in [0.25, 0.3) is 16.7 Å². The van der Waals surface area contributed by atoms with E-state index in [0.29, 0.717) is 0 Å². The Morgan fingerprint density at radius 2 is 0.935 bits per heavy atom. The second-order valence-electron chi connectivity index (χ2n) is 8.46. The van der Waals surface area contributed by atoms with Crippen molar-refractivity contribution in [3.8, 4) is 5.69 Å². The molecule has 5 aromatic rings. The summed E-state index contributed by atoms with van der Waals surface area (Å²) >= 11 is 0. The molecule has 0 aliphatic carbocycles. The van der Waals surface area contributed by atoms with Crippen LogP contribution < -0.4 is 4.90 Å². The van der Waals surface area contributed by atoms with Crippen LogP contribution in [0, 0.1) is 0 Å². The SMILES string of the molecule is CC1(C)c2ccccc2N(c2ccccc2-n2nc3ccccc3n2)c2ccccc21. The fourth-order valence-corrected chi connectivity index (χ4v) is 4.72. The van der Waals surface area contributed by atoms with Gasteiger partial charge in [-0.15, -0.1) is 15.0 Å². The first-order chi connectivity index (χ1) is 15.1. The van der Waals surface area contributed by atoms with Crippen molar-refractivity contribution in [2.75, 3.05) is 4.90 Å². The molecule has 0 N–H and O–H groups in total.